The maximum absolute atomic E-state index is 12.8. The standard InChI is InChI=1S/C59H96O6/c1-4-7-10-13-16-19-22-24-26-28-29-31-33-35-38-40-43-46-49-52-58(61)64-55-56(65-59(62)53-50-47-44-41-36-21-18-15-12-9-6-3)54-63-57(60)51-48-45-42-39-37-34-32-30-27-25-23-20-17-14-11-8-5-2/h8,11,15-20,24-27,29,31-32,34-35,38,56H,4-7,9-10,12-14,21-23,28,30,33,36-37,39-55H2,1-3H3/b11-8-,18-15-,19-16-,20-17-,26-24-,27-25-,31-29-,34-32-,38-35-/t56-/m1/s1. The van der Waals surface area contributed by atoms with Crippen LogP contribution in [0.4, 0.5) is 0 Å². The first-order chi connectivity index (χ1) is 32.0. The summed E-state index contributed by atoms with van der Waals surface area (Å²) >= 11 is 0. The van der Waals surface area contributed by atoms with Crippen LogP contribution in [-0.4, -0.2) is 37.2 Å². The van der Waals surface area contributed by atoms with E-state index in [1.807, 2.05) is 0 Å². The van der Waals surface area contributed by atoms with Crippen LogP contribution in [0.25, 0.3) is 0 Å². The molecule has 0 heterocycles. The van der Waals surface area contributed by atoms with Crippen LogP contribution < -0.4 is 0 Å². The normalized spacial score (nSPS) is 13.0. The van der Waals surface area contributed by atoms with Gasteiger partial charge in [-0.05, 0) is 122 Å². The molecule has 0 fully saturated rings. The topological polar surface area (TPSA) is 78.9 Å². The predicted octanol–water partition coefficient (Wildman–Crippen LogP) is 17.5. The SMILES string of the molecule is CC/C=C\C/C=C\C/C=C\C/C=C\CCCCCCC(=O)OC[C@H](COC(=O)CCCCC/C=C\C/C=C\C/C=C\C/C=C\CCCCC)OC(=O)CCCCCCC/C=C\CCCC. The molecular weight excluding hydrogens is 805 g/mol. The Balaban J connectivity index is 4.47. The number of allylic oxidation sites excluding steroid dienone is 18. The molecule has 0 rings (SSSR count). The van der Waals surface area contributed by atoms with Crippen LogP contribution in [0, 0.1) is 0 Å². The molecule has 0 aromatic carbocycles. The summed E-state index contributed by atoms with van der Waals surface area (Å²) in [6.07, 6.45) is 70.7. The second-order valence-electron chi connectivity index (χ2n) is 17.0. The third-order valence-corrected chi connectivity index (χ3v) is 10.7. The van der Waals surface area contributed by atoms with Gasteiger partial charge in [-0.25, -0.2) is 0 Å². The van der Waals surface area contributed by atoms with Crippen LogP contribution >= 0.6 is 0 Å². The van der Waals surface area contributed by atoms with E-state index in [-0.39, 0.29) is 31.1 Å². The molecular formula is C59H96O6. The number of carbonyl (C=O) groups is 3. The summed E-state index contributed by atoms with van der Waals surface area (Å²) in [6, 6.07) is 0. The molecule has 0 aromatic rings. The fraction of sp³-hybridized carbons (Fsp3) is 0.644. The van der Waals surface area contributed by atoms with E-state index in [4.69, 9.17) is 14.2 Å². The van der Waals surface area contributed by atoms with Crippen LogP contribution in [0.15, 0.2) is 109 Å². The summed E-state index contributed by atoms with van der Waals surface area (Å²) in [5, 5.41) is 0. The minimum absolute atomic E-state index is 0.107. The summed E-state index contributed by atoms with van der Waals surface area (Å²) in [7, 11) is 0. The highest BCUT2D eigenvalue weighted by Crippen LogP contribution is 2.12. The van der Waals surface area contributed by atoms with Crippen molar-refractivity contribution in [2.24, 2.45) is 0 Å². The van der Waals surface area contributed by atoms with Crippen molar-refractivity contribution in [1.29, 1.82) is 0 Å². The zero-order valence-corrected chi connectivity index (χ0v) is 42.0. The third kappa shape index (κ3) is 50.9. The van der Waals surface area contributed by atoms with Crippen LogP contribution in [0.5, 0.6) is 0 Å². The maximum Gasteiger partial charge on any atom is 0.306 e. The van der Waals surface area contributed by atoms with E-state index < -0.39 is 6.10 Å². The molecule has 0 unspecified atom stereocenters. The molecule has 65 heavy (non-hydrogen) atoms. The van der Waals surface area contributed by atoms with Crippen molar-refractivity contribution in [2.75, 3.05) is 13.2 Å². The quantitative estimate of drug-likeness (QED) is 0.0262. The van der Waals surface area contributed by atoms with Gasteiger partial charge in [0.1, 0.15) is 13.2 Å². The maximum atomic E-state index is 12.8. The van der Waals surface area contributed by atoms with Crippen LogP contribution in [-0.2, 0) is 28.6 Å². The van der Waals surface area contributed by atoms with Gasteiger partial charge in [-0.1, -0.05) is 194 Å². The Labute approximate surface area is 400 Å². The highest BCUT2D eigenvalue weighted by molar-refractivity contribution is 5.71. The molecule has 0 N–H and O–H groups in total. The van der Waals surface area contributed by atoms with Crippen molar-refractivity contribution >= 4 is 17.9 Å². The summed E-state index contributed by atoms with van der Waals surface area (Å²) in [5.41, 5.74) is 0. The number of hydrogen-bond donors (Lipinski definition) is 0. The molecule has 1 atom stereocenters. The first kappa shape index (κ1) is 61.1. The first-order valence-electron chi connectivity index (χ1n) is 26.4. The van der Waals surface area contributed by atoms with Gasteiger partial charge in [0, 0.05) is 19.3 Å². The Morgan fingerprint density at radius 3 is 1.02 bits per heavy atom. The molecule has 0 amide bonds. The molecule has 0 aromatic heterocycles. The number of esters is 3. The lowest BCUT2D eigenvalue weighted by Gasteiger charge is -2.18. The lowest BCUT2D eigenvalue weighted by Crippen LogP contribution is -2.30. The lowest BCUT2D eigenvalue weighted by molar-refractivity contribution is -0.167. The van der Waals surface area contributed by atoms with E-state index in [1.165, 1.54) is 51.4 Å². The molecule has 0 aliphatic carbocycles. The molecule has 0 aliphatic heterocycles. The van der Waals surface area contributed by atoms with E-state index in [0.717, 1.165) is 135 Å². The smallest absolute Gasteiger partial charge is 0.306 e. The van der Waals surface area contributed by atoms with Gasteiger partial charge in [0.15, 0.2) is 6.10 Å². The van der Waals surface area contributed by atoms with Gasteiger partial charge >= 0.3 is 17.9 Å². The molecule has 6 nitrogen and oxygen atoms in total. The Kier molecular flexibility index (Phi) is 49.5. The molecule has 0 saturated heterocycles. The second kappa shape index (κ2) is 52.7. The minimum Gasteiger partial charge on any atom is -0.462 e. The van der Waals surface area contributed by atoms with Crippen molar-refractivity contribution in [2.45, 2.75) is 232 Å². The van der Waals surface area contributed by atoms with Gasteiger partial charge in [-0.3, -0.25) is 14.4 Å². The molecule has 0 radical (unpaired) electrons. The van der Waals surface area contributed by atoms with Gasteiger partial charge in [-0.2, -0.15) is 0 Å². The number of carbonyl (C=O) groups excluding carboxylic acids is 3. The van der Waals surface area contributed by atoms with Gasteiger partial charge < -0.3 is 14.2 Å². The molecule has 0 aliphatic rings. The van der Waals surface area contributed by atoms with Gasteiger partial charge in [0.2, 0.25) is 0 Å². The summed E-state index contributed by atoms with van der Waals surface area (Å²) in [5.74, 6) is -0.975. The summed E-state index contributed by atoms with van der Waals surface area (Å²) in [6.45, 7) is 6.39. The van der Waals surface area contributed by atoms with Crippen molar-refractivity contribution < 1.29 is 28.6 Å². The van der Waals surface area contributed by atoms with Crippen molar-refractivity contribution in [1.82, 2.24) is 0 Å². The van der Waals surface area contributed by atoms with Crippen molar-refractivity contribution in [3.8, 4) is 0 Å². The Hall–Kier alpha value is -3.93. The lowest BCUT2D eigenvalue weighted by atomic mass is 10.1. The fourth-order valence-electron chi connectivity index (χ4n) is 6.75. The monoisotopic (exact) mass is 901 g/mol. The molecule has 0 bridgehead atoms. The zero-order valence-electron chi connectivity index (χ0n) is 42.0. The highest BCUT2D eigenvalue weighted by Gasteiger charge is 2.19. The average Bonchev–Trinajstić information content (AvgIpc) is 3.30. The predicted molar refractivity (Wildman–Crippen MR) is 279 cm³/mol. The second-order valence-corrected chi connectivity index (χ2v) is 17.0. The zero-order chi connectivity index (χ0) is 47.2. The summed E-state index contributed by atoms with van der Waals surface area (Å²) < 4.78 is 16.7. The van der Waals surface area contributed by atoms with Gasteiger partial charge in [0.25, 0.3) is 0 Å². The molecule has 0 saturated carbocycles. The van der Waals surface area contributed by atoms with E-state index in [0.29, 0.717) is 19.3 Å². The Bertz CT molecular complexity index is 1360. The third-order valence-electron chi connectivity index (χ3n) is 10.7. The van der Waals surface area contributed by atoms with E-state index in [2.05, 4.69) is 130 Å². The first-order valence-corrected chi connectivity index (χ1v) is 26.4. The van der Waals surface area contributed by atoms with E-state index >= 15 is 0 Å². The van der Waals surface area contributed by atoms with Crippen LogP contribution in [0.2, 0.25) is 0 Å². The highest BCUT2D eigenvalue weighted by atomic mass is 16.6. The molecule has 0 spiro atoms. The number of ether oxygens (including phenoxy) is 3. The Morgan fingerprint density at radius 2 is 0.615 bits per heavy atom. The summed E-state index contributed by atoms with van der Waals surface area (Å²) in [4.78, 5) is 38.0. The van der Waals surface area contributed by atoms with Crippen molar-refractivity contribution in [3.05, 3.63) is 109 Å². The van der Waals surface area contributed by atoms with E-state index in [9.17, 15) is 14.4 Å². The van der Waals surface area contributed by atoms with Gasteiger partial charge in [0.05, 0.1) is 0 Å². The largest absolute Gasteiger partial charge is 0.462 e. The Morgan fingerprint density at radius 1 is 0.323 bits per heavy atom. The fourth-order valence-corrected chi connectivity index (χ4v) is 6.75. The van der Waals surface area contributed by atoms with Crippen molar-refractivity contribution in [3.63, 3.8) is 0 Å². The number of unbranched alkanes of at least 4 members (excludes halogenated alkanes) is 17. The number of hydrogen-bond acceptors (Lipinski definition) is 6. The number of rotatable bonds is 46. The van der Waals surface area contributed by atoms with Crippen LogP contribution in [0.3, 0.4) is 0 Å². The average molecular weight is 901 g/mol. The molecule has 6 heteroatoms. The molecule has 368 valence electrons. The van der Waals surface area contributed by atoms with Crippen LogP contribution in [0.1, 0.15) is 226 Å². The van der Waals surface area contributed by atoms with E-state index in [1.54, 1.807) is 0 Å². The van der Waals surface area contributed by atoms with Gasteiger partial charge in [-0.15, -0.1) is 0 Å². The minimum atomic E-state index is -0.807.